The summed E-state index contributed by atoms with van der Waals surface area (Å²) in [4.78, 5) is 15.0. The van der Waals surface area contributed by atoms with E-state index in [1.807, 2.05) is 0 Å². The Morgan fingerprint density at radius 2 is 1.96 bits per heavy atom. The second-order valence-corrected chi connectivity index (χ2v) is 6.20. The first kappa shape index (κ1) is 16.6. The van der Waals surface area contributed by atoms with E-state index in [1.165, 1.54) is 0 Å². The summed E-state index contributed by atoms with van der Waals surface area (Å²) < 4.78 is 16.2. The summed E-state index contributed by atoms with van der Waals surface area (Å²) in [6.45, 7) is 6.63. The summed E-state index contributed by atoms with van der Waals surface area (Å²) in [6.07, 6.45) is 5.18. The molecule has 1 aliphatic rings. The molecule has 24 heavy (non-hydrogen) atoms. The number of piperidine rings is 1. The standard InChI is InChI=1S/C16H23N5O3/c1-11(2)15-19-14(24-20-15)10-21-6-4-12(5-7-21)23-16-17-8-13(22-3)9-18-16/h8-9,11-12H,4-7,10H2,1-3H3. The van der Waals surface area contributed by atoms with E-state index in [0.717, 1.165) is 31.8 Å². The summed E-state index contributed by atoms with van der Waals surface area (Å²) in [6, 6.07) is 0.396. The Hall–Kier alpha value is -2.22. The molecule has 0 unspecified atom stereocenters. The third-order valence-corrected chi connectivity index (χ3v) is 4.01. The fraction of sp³-hybridized carbons (Fsp3) is 0.625. The maximum Gasteiger partial charge on any atom is 0.316 e. The van der Waals surface area contributed by atoms with Gasteiger partial charge in [-0.2, -0.15) is 15.0 Å². The van der Waals surface area contributed by atoms with E-state index in [1.54, 1.807) is 19.5 Å². The first-order valence-corrected chi connectivity index (χ1v) is 8.21. The minimum atomic E-state index is 0.128. The van der Waals surface area contributed by atoms with Gasteiger partial charge in [-0.25, -0.2) is 0 Å². The summed E-state index contributed by atoms with van der Waals surface area (Å²) >= 11 is 0. The average Bonchev–Trinajstić information content (AvgIpc) is 3.06. The van der Waals surface area contributed by atoms with Gasteiger partial charge in [0.05, 0.1) is 26.0 Å². The van der Waals surface area contributed by atoms with Crippen molar-refractivity contribution in [3.8, 4) is 11.8 Å². The van der Waals surface area contributed by atoms with Crippen LogP contribution in [0.25, 0.3) is 0 Å². The highest BCUT2D eigenvalue weighted by atomic mass is 16.5. The largest absolute Gasteiger partial charge is 0.494 e. The van der Waals surface area contributed by atoms with E-state index in [-0.39, 0.29) is 12.0 Å². The number of aromatic nitrogens is 4. The molecule has 3 rings (SSSR count). The van der Waals surface area contributed by atoms with Gasteiger partial charge < -0.3 is 14.0 Å². The van der Waals surface area contributed by atoms with Crippen molar-refractivity contribution < 1.29 is 14.0 Å². The van der Waals surface area contributed by atoms with Gasteiger partial charge in [-0.3, -0.25) is 4.90 Å². The van der Waals surface area contributed by atoms with Crippen LogP contribution in [0, 0.1) is 0 Å². The van der Waals surface area contributed by atoms with E-state index in [9.17, 15) is 0 Å². The minimum absolute atomic E-state index is 0.128. The summed E-state index contributed by atoms with van der Waals surface area (Å²) in [5, 5.41) is 4.00. The molecule has 8 nitrogen and oxygen atoms in total. The molecule has 0 aromatic carbocycles. The Morgan fingerprint density at radius 3 is 2.54 bits per heavy atom. The molecule has 1 fully saturated rings. The molecular weight excluding hydrogens is 310 g/mol. The van der Waals surface area contributed by atoms with E-state index in [0.29, 0.717) is 24.2 Å². The number of likely N-dealkylation sites (tertiary alicyclic amines) is 1. The highest BCUT2D eigenvalue weighted by Crippen LogP contribution is 2.19. The van der Waals surface area contributed by atoms with Crippen LogP contribution in [0.15, 0.2) is 16.9 Å². The van der Waals surface area contributed by atoms with Crippen molar-refractivity contribution in [3.05, 3.63) is 24.1 Å². The SMILES string of the molecule is COc1cnc(OC2CCN(Cc3nc(C(C)C)no3)CC2)nc1. The quantitative estimate of drug-likeness (QED) is 0.794. The normalized spacial score (nSPS) is 16.5. The molecule has 3 heterocycles. The van der Waals surface area contributed by atoms with E-state index in [4.69, 9.17) is 14.0 Å². The van der Waals surface area contributed by atoms with Gasteiger partial charge in [-0.1, -0.05) is 19.0 Å². The number of methoxy groups -OCH3 is 1. The van der Waals surface area contributed by atoms with Gasteiger partial charge >= 0.3 is 6.01 Å². The van der Waals surface area contributed by atoms with Gasteiger partial charge in [-0.15, -0.1) is 0 Å². The van der Waals surface area contributed by atoms with Crippen LogP contribution in [0.1, 0.15) is 44.3 Å². The smallest absolute Gasteiger partial charge is 0.316 e. The van der Waals surface area contributed by atoms with Gasteiger partial charge in [0, 0.05) is 19.0 Å². The van der Waals surface area contributed by atoms with Crippen molar-refractivity contribution in [2.24, 2.45) is 0 Å². The molecule has 0 bridgehead atoms. The fourth-order valence-electron chi connectivity index (χ4n) is 2.56. The molecular formula is C16H23N5O3. The Labute approximate surface area is 141 Å². The maximum absolute atomic E-state index is 5.83. The number of rotatable bonds is 6. The number of nitrogens with zero attached hydrogens (tertiary/aromatic N) is 5. The number of hydrogen-bond donors (Lipinski definition) is 0. The van der Waals surface area contributed by atoms with Crippen molar-refractivity contribution in [3.63, 3.8) is 0 Å². The van der Waals surface area contributed by atoms with E-state index >= 15 is 0 Å². The van der Waals surface area contributed by atoms with Crippen molar-refractivity contribution in [1.82, 2.24) is 25.0 Å². The van der Waals surface area contributed by atoms with Crippen molar-refractivity contribution >= 4 is 0 Å². The molecule has 0 aliphatic carbocycles. The van der Waals surface area contributed by atoms with Crippen LogP contribution in [0.3, 0.4) is 0 Å². The van der Waals surface area contributed by atoms with Crippen molar-refractivity contribution in [2.45, 2.75) is 45.3 Å². The van der Waals surface area contributed by atoms with Gasteiger partial charge in [0.15, 0.2) is 11.6 Å². The molecule has 2 aromatic rings. The predicted molar refractivity (Wildman–Crippen MR) is 85.9 cm³/mol. The fourth-order valence-corrected chi connectivity index (χ4v) is 2.56. The van der Waals surface area contributed by atoms with E-state index < -0.39 is 0 Å². The van der Waals surface area contributed by atoms with Crippen molar-refractivity contribution in [2.75, 3.05) is 20.2 Å². The molecule has 0 radical (unpaired) electrons. The van der Waals surface area contributed by atoms with Gasteiger partial charge in [0.2, 0.25) is 5.89 Å². The van der Waals surface area contributed by atoms with Gasteiger partial charge in [0.1, 0.15) is 6.10 Å². The third kappa shape index (κ3) is 4.19. The Morgan fingerprint density at radius 1 is 1.25 bits per heavy atom. The monoisotopic (exact) mass is 333 g/mol. The van der Waals surface area contributed by atoms with Crippen LogP contribution in [0.5, 0.6) is 11.8 Å². The third-order valence-electron chi connectivity index (χ3n) is 4.01. The zero-order chi connectivity index (χ0) is 16.9. The predicted octanol–water partition coefficient (Wildman–Crippen LogP) is 2.04. The van der Waals surface area contributed by atoms with Crippen LogP contribution in [-0.4, -0.2) is 51.3 Å². The van der Waals surface area contributed by atoms with Crippen LogP contribution >= 0.6 is 0 Å². The van der Waals surface area contributed by atoms with Gasteiger partial charge in [0.25, 0.3) is 0 Å². The molecule has 130 valence electrons. The molecule has 0 saturated carbocycles. The Balaban J connectivity index is 1.46. The first-order valence-electron chi connectivity index (χ1n) is 8.21. The molecule has 0 spiro atoms. The lowest BCUT2D eigenvalue weighted by Gasteiger charge is -2.30. The Bertz CT molecular complexity index is 635. The second kappa shape index (κ2) is 7.57. The average molecular weight is 333 g/mol. The lowest BCUT2D eigenvalue weighted by Crippen LogP contribution is -2.38. The number of ether oxygens (including phenoxy) is 2. The molecule has 1 saturated heterocycles. The van der Waals surface area contributed by atoms with Crippen molar-refractivity contribution in [1.29, 1.82) is 0 Å². The topological polar surface area (TPSA) is 86.4 Å². The molecule has 0 N–H and O–H groups in total. The molecule has 8 heteroatoms. The zero-order valence-corrected chi connectivity index (χ0v) is 14.3. The molecule has 0 atom stereocenters. The van der Waals surface area contributed by atoms with Crippen LogP contribution in [0.4, 0.5) is 0 Å². The molecule has 2 aromatic heterocycles. The molecule has 1 aliphatic heterocycles. The van der Waals surface area contributed by atoms with Gasteiger partial charge in [-0.05, 0) is 12.8 Å². The van der Waals surface area contributed by atoms with Crippen LogP contribution < -0.4 is 9.47 Å². The lowest BCUT2D eigenvalue weighted by atomic mass is 10.1. The number of hydrogen-bond acceptors (Lipinski definition) is 8. The second-order valence-electron chi connectivity index (χ2n) is 6.20. The minimum Gasteiger partial charge on any atom is -0.494 e. The maximum atomic E-state index is 5.83. The summed E-state index contributed by atoms with van der Waals surface area (Å²) in [5.41, 5.74) is 0. The highest BCUT2D eigenvalue weighted by molar-refractivity contribution is 5.13. The lowest BCUT2D eigenvalue weighted by molar-refractivity contribution is 0.0834. The van der Waals surface area contributed by atoms with Crippen LogP contribution in [-0.2, 0) is 6.54 Å². The summed E-state index contributed by atoms with van der Waals surface area (Å²) in [7, 11) is 1.59. The Kier molecular flexibility index (Phi) is 5.24. The van der Waals surface area contributed by atoms with Crippen LogP contribution in [0.2, 0.25) is 0 Å². The molecule has 0 amide bonds. The zero-order valence-electron chi connectivity index (χ0n) is 14.3. The first-order chi connectivity index (χ1) is 11.6. The van der Waals surface area contributed by atoms with E-state index in [2.05, 4.69) is 38.9 Å². The summed E-state index contributed by atoms with van der Waals surface area (Å²) in [5.74, 6) is 2.35. The highest BCUT2D eigenvalue weighted by Gasteiger charge is 2.23.